The monoisotopic (exact) mass is 271 g/mol. The SMILES string of the molecule is CCCNC1CCCCCCC1OC(C)COCC. The molecule has 0 heterocycles. The summed E-state index contributed by atoms with van der Waals surface area (Å²) in [6, 6.07) is 0.532. The fourth-order valence-electron chi connectivity index (χ4n) is 2.80. The van der Waals surface area contributed by atoms with Crippen molar-refractivity contribution in [3.63, 3.8) is 0 Å². The Morgan fingerprint density at radius 1 is 1.11 bits per heavy atom. The van der Waals surface area contributed by atoms with Crippen LogP contribution in [0.3, 0.4) is 0 Å². The molecule has 0 spiro atoms. The maximum absolute atomic E-state index is 6.25. The first-order valence-corrected chi connectivity index (χ1v) is 8.24. The minimum absolute atomic E-state index is 0.204. The summed E-state index contributed by atoms with van der Waals surface area (Å²) in [6.07, 6.45) is 9.59. The third-order valence-electron chi connectivity index (χ3n) is 3.82. The van der Waals surface area contributed by atoms with Crippen molar-refractivity contribution in [3.8, 4) is 0 Å². The third kappa shape index (κ3) is 7.28. The molecule has 0 aromatic heterocycles. The van der Waals surface area contributed by atoms with Gasteiger partial charge in [-0.1, -0.05) is 32.6 Å². The molecular formula is C16H33NO2. The molecule has 0 bridgehead atoms. The van der Waals surface area contributed by atoms with Crippen LogP contribution >= 0.6 is 0 Å². The smallest absolute Gasteiger partial charge is 0.0785 e. The van der Waals surface area contributed by atoms with Crippen molar-refractivity contribution in [2.24, 2.45) is 0 Å². The van der Waals surface area contributed by atoms with Gasteiger partial charge in [0.25, 0.3) is 0 Å². The lowest BCUT2D eigenvalue weighted by Gasteiger charge is -2.32. The molecule has 1 saturated carbocycles. The molecule has 1 N–H and O–H groups in total. The summed E-state index contributed by atoms with van der Waals surface area (Å²) in [6.45, 7) is 8.98. The second kappa shape index (κ2) is 10.6. The highest BCUT2D eigenvalue weighted by Crippen LogP contribution is 2.21. The fraction of sp³-hybridized carbons (Fsp3) is 1.00. The van der Waals surface area contributed by atoms with E-state index < -0.39 is 0 Å². The molecule has 1 aliphatic carbocycles. The van der Waals surface area contributed by atoms with E-state index in [1.54, 1.807) is 0 Å². The van der Waals surface area contributed by atoms with Crippen molar-refractivity contribution < 1.29 is 9.47 Å². The van der Waals surface area contributed by atoms with Gasteiger partial charge in [0.2, 0.25) is 0 Å². The summed E-state index contributed by atoms with van der Waals surface area (Å²) in [5.41, 5.74) is 0. The normalized spacial score (nSPS) is 26.7. The van der Waals surface area contributed by atoms with Gasteiger partial charge in [-0.15, -0.1) is 0 Å². The van der Waals surface area contributed by atoms with Crippen LogP contribution in [0.25, 0.3) is 0 Å². The van der Waals surface area contributed by atoms with Crippen LogP contribution in [0.1, 0.15) is 65.7 Å². The number of nitrogens with one attached hydrogen (secondary N) is 1. The summed E-state index contributed by atoms with van der Waals surface area (Å²) >= 11 is 0. The number of ether oxygens (including phenoxy) is 2. The molecule has 3 heteroatoms. The van der Waals surface area contributed by atoms with E-state index in [1.807, 2.05) is 6.92 Å². The van der Waals surface area contributed by atoms with Gasteiger partial charge in [0.15, 0.2) is 0 Å². The zero-order valence-electron chi connectivity index (χ0n) is 13.1. The van der Waals surface area contributed by atoms with Gasteiger partial charge in [-0.2, -0.15) is 0 Å². The van der Waals surface area contributed by atoms with Crippen LogP contribution < -0.4 is 5.32 Å². The lowest BCUT2D eigenvalue weighted by Crippen LogP contribution is -2.44. The largest absolute Gasteiger partial charge is 0.379 e. The van der Waals surface area contributed by atoms with Gasteiger partial charge in [0, 0.05) is 12.6 Å². The van der Waals surface area contributed by atoms with E-state index >= 15 is 0 Å². The number of hydrogen-bond acceptors (Lipinski definition) is 3. The van der Waals surface area contributed by atoms with Crippen molar-refractivity contribution in [1.29, 1.82) is 0 Å². The van der Waals surface area contributed by atoms with Crippen LogP contribution in [0.2, 0.25) is 0 Å². The fourth-order valence-corrected chi connectivity index (χ4v) is 2.80. The van der Waals surface area contributed by atoms with Gasteiger partial charge in [-0.3, -0.25) is 0 Å². The second-order valence-electron chi connectivity index (χ2n) is 5.70. The molecule has 0 aliphatic heterocycles. The molecule has 1 fully saturated rings. The Labute approximate surface area is 119 Å². The highest BCUT2D eigenvalue weighted by molar-refractivity contribution is 4.80. The highest BCUT2D eigenvalue weighted by atomic mass is 16.5. The van der Waals surface area contributed by atoms with E-state index in [2.05, 4.69) is 19.2 Å². The molecule has 0 saturated heterocycles. The molecule has 1 rings (SSSR count). The molecule has 19 heavy (non-hydrogen) atoms. The third-order valence-corrected chi connectivity index (χ3v) is 3.82. The molecule has 0 aromatic rings. The van der Waals surface area contributed by atoms with E-state index in [1.165, 1.54) is 44.9 Å². The Kier molecular flexibility index (Phi) is 9.48. The van der Waals surface area contributed by atoms with Crippen LogP contribution in [-0.2, 0) is 9.47 Å². The van der Waals surface area contributed by atoms with E-state index in [9.17, 15) is 0 Å². The van der Waals surface area contributed by atoms with Crippen molar-refractivity contribution in [3.05, 3.63) is 0 Å². The van der Waals surface area contributed by atoms with Crippen LogP contribution in [0, 0.1) is 0 Å². The lowest BCUT2D eigenvalue weighted by atomic mass is 9.94. The topological polar surface area (TPSA) is 30.5 Å². The Bertz CT molecular complexity index is 209. The zero-order valence-corrected chi connectivity index (χ0v) is 13.1. The first-order valence-electron chi connectivity index (χ1n) is 8.24. The zero-order chi connectivity index (χ0) is 13.9. The van der Waals surface area contributed by atoms with Gasteiger partial charge < -0.3 is 14.8 Å². The van der Waals surface area contributed by atoms with Gasteiger partial charge in [-0.25, -0.2) is 0 Å². The summed E-state index contributed by atoms with van der Waals surface area (Å²) in [7, 11) is 0. The van der Waals surface area contributed by atoms with Crippen molar-refractivity contribution >= 4 is 0 Å². The van der Waals surface area contributed by atoms with Gasteiger partial charge in [0.1, 0.15) is 0 Å². The van der Waals surface area contributed by atoms with E-state index in [0.717, 1.165) is 13.2 Å². The Morgan fingerprint density at radius 3 is 2.53 bits per heavy atom. The predicted octanol–water partition coefficient (Wildman–Crippen LogP) is 3.52. The second-order valence-corrected chi connectivity index (χ2v) is 5.70. The van der Waals surface area contributed by atoms with Crippen molar-refractivity contribution in [1.82, 2.24) is 5.32 Å². The maximum atomic E-state index is 6.25. The number of rotatable bonds is 8. The minimum atomic E-state index is 0.204. The molecule has 0 radical (unpaired) electrons. The summed E-state index contributed by atoms with van der Waals surface area (Å²) < 4.78 is 11.7. The molecule has 0 amide bonds. The summed E-state index contributed by atoms with van der Waals surface area (Å²) in [4.78, 5) is 0. The molecular weight excluding hydrogens is 238 g/mol. The van der Waals surface area contributed by atoms with Crippen LogP contribution in [0.15, 0.2) is 0 Å². The van der Waals surface area contributed by atoms with Gasteiger partial charge in [0.05, 0.1) is 18.8 Å². The first kappa shape index (κ1) is 16.9. The van der Waals surface area contributed by atoms with Crippen LogP contribution in [0.4, 0.5) is 0 Å². The molecule has 1 aliphatic rings. The average molecular weight is 271 g/mol. The molecule has 3 unspecified atom stereocenters. The van der Waals surface area contributed by atoms with E-state index in [-0.39, 0.29) is 6.10 Å². The summed E-state index contributed by atoms with van der Waals surface area (Å²) in [5.74, 6) is 0. The van der Waals surface area contributed by atoms with E-state index in [0.29, 0.717) is 18.8 Å². The van der Waals surface area contributed by atoms with E-state index in [4.69, 9.17) is 9.47 Å². The molecule has 3 atom stereocenters. The van der Waals surface area contributed by atoms with Crippen LogP contribution in [0.5, 0.6) is 0 Å². The van der Waals surface area contributed by atoms with Gasteiger partial charge in [-0.05, 0) is 39.7 Å². The lowest BCUT2D eigenvalue weighted by molar-refractivity contribution is -0.0659. The number of hydrogen-bond donors (Lipinski definition) is 1. The Morgan fingerprint density at radius 2 is 1.84 bits per heavy atom. The van der Waals surface area contributed by atoms with Crippen molar-refractivity contribution in [2.75, 3.05) is 19.8 Å². The Hall–Kier alpha value is -0.120. The predicted molar refractivity (Wildman–Crippen MR) is 80.6 cm³/mol. The van der Waals surface area contributed by atoms with Gasteiger partial charge >= 0.3 is 0 Å². The quantitative estimate of drug-likeness (QED) is 0.732. The molecule has 0 aromatic carbocycles. The van der Waals surface area contributed by atoms with Crippen molar-refractivity contribution in [2.45, 2.75) is 84.0 Å². The Balaban J connectivity index is 2.44. The van der Waals surface area contributed by atoms with Crippen LogP contribution in [-0.4, -0.2) is 38.0 Å². The minimum Gasteiger partial charge on any atom is -0.379 e. The average Bonchev–Trinajstić information content (AvgIpc) is 2.39. The summed E-state index contributed by atoms with van der Waals surface area (Å²) in [5, 5.41) is 3.68. The maximum Gasteiger partial charge on any atom is 0.0785 e. The standard InChI is InChI=1S/C16H33NO2/c1-4-12-17-15-10-8-6-7-9-11-16(15)19-14(3)13-18-5-2/h14-17H,4-13H2,1-3H3. The highest BCUT2D eigenvalue weighted by Gasteiger charge is 2.24. The molecule has 3 nitrogen and oxygen atoms in total. The molecule has 114 valence electrons. The first-order chi connectivity index (χ1) is 9.27.